The fraction of sp³-hybridized carbons (Fsp3) is 0.444. The predicted octanol–water partition coefficient (Wildman–Crippen LogP) is 4.48. The summed E-state index contributed by atoms with van der Waals surface area (Å²) in [5.74, 6) is -0.317. The van der Waals surface area contributed by atoms with Crippen molar-refractivity contribution in [3.63, 3.8) is 0 Å². The number of nitrogens with zero attached hydrogens (tertiary/aromatic N) is 5. The van der Waals surface area contributed by atoms with Gasteiger partial charge in [0.15, 0.2) is 0 Å². The van der Waals surface area contributed by atoms with Crippen LogP contribution in [0.4, 0.5) is 11.4 Å². The molecule has 2 N–H and O–H groups in total. The number of benzene rings is 2. The number of anilines is 2. The molecule has 9 nitrogen and oxygen atoms in total. The summed E-state index contributed by atoms with van der Waals surface area (Å²) in [5.41, 5.74) is 5.87. The van der Waals surface area contributed by atoms with Gasteiger partial charge in [-0.2, -0.15) is 5.26 Å². The van der Waals surface area contributed by atoms with Gasteiger partial charge in [-0.25, -0.2) is 4.98 Å². The third kappa shape index (κ3) is 6.52. The zero-order valence-electron chi connectivity index (χ0n) is 26.2. The van der Waals surface area contributed by atoms with E-state index < -0.39 is 0 Å². The number of hydrogen-bond donors (Lipinski definition) is 2. The van der Waals surface area contributed by atoms with Crippen LogP contribution in [0.25, 0.3) is 10.8 Å². The van der Waals surface area contributed by atoms with E-state index in [0.717, 1.165) is 49.3 Å². The van der Waals surface area contributed by atoms with E-state index in [1.807, 2.05) is 6.07 Å². The van der Waals surface area contributed by atoms with Crippen molar-refractivity contribution in [2.75, 3.05) is 49.1 Å². The zero-order valence-corrected chi connectivity index (χ0v) is 26.2. The number of aromatic nitrogens is 1. The van der Waals surface area contributed by atoms with Crippen molar-refractivity contribution in [2.24, 2.45) is 0 Å². The van der Waals surface area contributed by atoms with Crippen LogP contribution in [0.1, 0.15) is 59.4 Å². The van der Waals surface area contributed by atoms with Crippen molar-refractivity contribution in [2.45, 2.75) is 64.1 Å². The smallest absolute Gasteiger partial charge is 0.269 e. The maximum absolute atomic E-state index is 13.6. The Kier molecular flexibility index (Phi) is 9.31. The summed E-state index contributed by atoms with van der Waals surface area (Å²) >= 11 is 0. The first kappa shape index (κ1) is 30.6. The first-order chi connectivity index (χ1) is 22.0. The highest BCUT2D eigenvalue weighted by Crippen LogP contribution is 2.36. The fourth-order valence-corrected chi connectivity index (χ4v) is 7.27. The van der Waals surface area contributed by atoms with E-state index in [1.165, 1.54) is 40.9 Å². The van der Waals surface area contributed by atoms with Crippen molar-refractivity contribution in [3.05, 3.63) is 77.6 Å². The molecule has 3 aliphatic heterocycles. The molecule has 2 amide bonds. The average Bonchev–Trinajstić information content (AvgIpc) is 3.07. The number of nitrogens with one attached hydrogen (secondary N) is 2. The molecule has 2 aromatic carbocycles. The molecule has 9 heteroatoms. The highest BCUT2D eigenvalue weighted by atomic mass is 16.2. The largest absolute Gasteiger partial charge is 0.367 e. The van der Waals surface area contributed by atoms with Crippen LogP contribution in [-0.4, -0.2) is 73.1 Å². The molecule has 0 saturated carbocycles. The van der Waals surface area contributed by atoms with E-state index >= 15 is 0 Å². The van der Waals surface area contributed by atoms with E-state index in [4.69, 9.17) is 4.98 Å². The van der Waals surface area contributed by atoms with E-state index in [2.05, 4.69) is 76.4 Å². The first-order valence-corrected chi connectivity index (χ1v) is 16.3. The fourth-order valence-electron chi connectivity index (χ4n) is 7.27. The highest BCUT2D eigenvalue weighted by molar-refractivity contribution is 5.97. The lowest BCUT2D eigenvalue weighted by atomic mass is 9.97. The normalized spacial score (nSPS) is 20.0. The molecule has 0 radical (unpaired) electrons. The van der Waals surface area contributed by atoms with Gasteiger partial charge in [0.05, 0.1) is 30.8 Å². The summed E-state index contributed by atoms with van der Waals surface area (Å²) < 4.78 is 0. The van der Waals surface area contributed by atoms with Crippen LogP contribution >= 0.6 is 0 Å². The lowest BCUT2D eigenvalue weighted by Crippen LogP contribution is -2.55. The summed E-state index contributed by atoms with van der Waals surface area (Å²) in [6.07, 6.45) is 6.82. The zero-order chi connectivity index (χ0) is 31.3. The lowest BCUT2D eigenvalue weighted by molar-refractivity contribution is -0.128. The lowest BCUT2D eigenvalue weighted by Gasteiger charge is -2.43. The molecule has 4 heterocycles. The van der Waals surface area contributed by atoms with Gasteiger partial charge in [-0.3, -0.25) is 9.59 Å². The summed E-state index contributed by atoms with van der Waals surface area (Å²) in [6, 6.07) is 17.2. The Morgan fingerprint density at radius 3 is 2.76 bits per heavy atom. The molecule has 2 saturated heterocycles. The van der Waals surface area contributed by atoms with Gasteiger partial charge in [0.1, 0.15) is 5.69 Å². The molecule has 0 spiro atoms. The van der Waals surface area contributed by atoms with Crippen molar-refractivity contribution >= 4 is 34.0 Å². The van der Waals surface area contributed by atoms with Crippen LogP contribution < -0.4 is 20.4 Å². The molecule has 3 aromatic rings. The number of amides is 2. The van der Waals surface area contributed by atoms with Crippen LogP contribution in [0, 0.1) is 18.3 Å². The van der Waals surface area contributed by atoms with Crippen molar-refractivity contribution in [3.8, 4) is 6.07 Å². The van der Waals surface area contributed by atoms with Crippen LogP contribution in [0.3, 0.4) is 0 Å². The third-order valence-electron chi connectivity index (χ3n) is 9.62. The van der Waals surface area contributed by atoms with Crippen LogP contribution in [0.2, 0.25) is 0 Å². The van der Waals surface area contributed by atoms with E-state index in [-0.39, 0.29) is 24.3 Å². The second-order valence-electron chi connectivity index (χ2n) is 12.5. The van der Waals surface area contributed by atoms with Crippen LogP contribution in [0.15, 0.2) is 55.1 Å². The summed E-state index contributed by atoms with van der Waals surface area (Å²) in [6.45, 7) is 10.5. The number of piperidine rings is 1. The molecule has 45 heavy (non-hydrogen) atoms. The van der Waals surface area contributed by atoms with Crippen LogP contribution in [-0.2, 0) is 17.8 Å². The maximum Gasteiger partial charge on any atom is 0.269 e. The molecule has 6 rings (SSSR count). The first-order valence-electron chi connectivity index (χ1n) is 16.3. The van der Waals surface area contributed by atoms with Gasteiger partial charge < -0.3 is 25.3 Å². The Hall–Kier alpha value is -4.42. The van der Waals surface area contributed by atoms with Crippen molar-refractivity contribution in [1.82, 2.24) is 20.5 Å². The van der Waals surface area contributed by atoms with E-state index in [9.17, 15) is 14.9 Å². The summed E-state index contributed by atoms with van der Waals surface area (Å²) in [4.78, 5) is 37.5. The van der Waals surface area contributed by atoms with Gasteiger partial charge in [-0.05, 0) is 68.3 Å². The number of hydrogen-bond acceptors (Lipinski definition) is 7. The number of rotatable bonds is 8. The summed E-state index contributed by atoms with van der Waals surface area (Å²) in [5, 5.41) is 18.7. The highest BCUT2D eigenvalue weighted by Gasteiger charge is 2.33. The summed E-state index contributed by atoms with van der Waals surface area (Å²) in [7, 11) is 0. The molecule has 2 atom stereocenters. The molecule has 3 aliphatic rings. The van der Waals surface area contributed by atoms with E-state index in [1.54, 1.807) is 4.90 Å². The molecule has 1 unspecified atom stereocenters. The SMILES string of the molecule is C=CC(=O)N1CCN(c2cc(C(=O)NCCC3CCCCN3)nc3c2CCN(c2cccc4cccc(C)c24)C3)C[C@@H]1CC#N. The van der Waals surface area contributed by atoms with Gasteiger partial charge in [0.2, 0.25) is 5.91 Å². The topological polar surface area (TPSA) is 105 Å². The van der Waals surface area contributed by atoms with Gasteiger partial charge >= 0.3 is 0 Å². The molecular formula is C36H43N7O2. The minimum atomic E-state index is -0.253. The Balaban J connectivity index is 1.31. The number of nitriles is 1. The van der Waals surface area contributed by atoms with Gasteiger partial charge in [-0.15, -0.1) is 0 Å². The molecule has 234 valence electrons. The molecule has 1 aromatic heterocycles. The number of carbonyl (C=O) groups is 2. The Labute approximate surface area is 265 Å². The number of aryl methyl sites for hydroxylation is 1. The molecule has 0 bridgehead atoms. The minimum absolute atomic E-state index is 0.153. The standard InChI is InChI=1S/C36H43N7O2/c1-3-34(44)43-21-20-42(23-28(43)13-16-37)33-22-30(36(45)39-18-14-27-11-4-5-17-38-27)40-31-24-41(19-15-29(31)33)32-12-7-10-26-9-6-8-25(2)35(26)32/h3,6-10,12,22,27-28,38H,1,4-5,11,13-15,17-21,23-24H2,2H3,(H,39,45)/t27?,28-/m0/s1. The van der Waals surface area contributed by atoms with Gasteiger partial charge in [0, 0.05) is 61.1 Å². The number of piperazine rings is 1. The van der Waals surface area contributed by atoms with E-state index in [0.29, 0.717) is 44.5 Å². The number of pyridine rings is 1. The minimum Gasteiger partial charge on any atom is -0.367 e. The number of fused-ring (bicyclic) bond motifs is 2. The monoisotopic (exact) mass is 605 g/mol. The molecule has 0 aliphatic carbocycles. The average molecular weight is 606 g/mol. The second kappa shape index (κ2) is 13.7. The third-order valence-corrected chi connectivity index (χ3v) is 9.62. The molecule has 2 fully saturated rings. The van der Waals surface area contributed by atoms with Crippen molar-refractivity contribution < 1.29 is 9.59 Å². The van der Waals surface area contributed by atoms with Crippen molar-refractivity contribution in [1.29, 1.82) is 5.26 Å². The molecular weight excluding hydrogens is 562 g/mol. The van der Waals surface area contributed by atoms with Gasteiger partial charge in [0.25, 0.3) is 5.91 Å². The second-order valence-corrected chi connectivity index (χ2v) is 12.5. The predicted molar refractivity (Wildman–Crippen MR) is 178 cm³/mol. The Morgan fingerprint density at radius 1 is 1.13 bits per heavy atom. The Morgan fingerprint density at radius 2 is 1.98 bits per heavy atom. The number of carbonyl (C=O) groups excluding carboxylic acids is 2. The van der Waals surface area contributed by atoms with Crippen LogP contribution in [0.5, 0.6) is 0 Å². The quantitative estimate of drug-likeness (QED) is 0.365. The van der Waals surface area contributed by atoms with Gasteiger partial charge in [-0.1, -0.05) is 43.3 Å². The Bertz CT molecular complexity index is 1620. The maximum atomic E-state index is 13.6.